The van der Waals surface area contributed by atoms with Crippen molar-refractivity contribution in [3.05, 3.63) is 45.0 Å². The molecule has 1 heterocycles. The number of anilines is 1. The molecule has 27 heavy (non-hydrogen) atoms. The van der Waals surface area contributed by atoms with Gasteiger partial charge in [0.05, 0.1) is 4.92 Å². The van der Waals surface area contributed by atoms with Crippen LogP contribution in [0, 0.1) is 10.1 Å². The number of non-ortho nitro benzene ring substituents is 1. The Balaban J connectivity index is 2.22. The van der Waals surface area contributed by atoms with E-state index in [0.29, 0.717) is 10.7 Å². The van der Waals surface area contributed by atoms with E-state index in [2.05, 4.69) is 5.32 Å². The number of amides is 2. The van der Waals surface area contributed by atoms with Crippen LogP contribution in [0.1, 0.15) is 34.6 Å². The lowest BCUT2D eigenvalue weighted by Gasteiger charge is -2.40. The number of carbonyl (C=O) groups excluding carboxylic acids is 2. The maximum absolute atomic E-state index is 12.9. The van der Waals surface area contributed by atoms with E-state index >= 15 is 0 Å². The van der Waals surface area contributed by atoms with Crippen molar-refractivity contribution in [3.8, 4) is 0 Å². The average Bonchev–Trinajstić information content (AvgIpc) is 2.58. The van der Waals surface area contributed by atoms with Crippen LogP contribution in [0.4, 0.5) is 11.4 Å². The van der Waals surface area contributed by atoms with Gasteiger partial charge in [0.25, 0.3) is 11.6 Å². The van der Waals surface area contributed by atoms with Gasteiger partial charge in [0.2, 0.25) is 5.91 Å². The first-order valence-corrected chi connectivity index (χ1v) is 9.30. The summed E-state index contributed by atoms with van der Waals surface area (Å²) >= 11 is 1.39. The Bertz CT molecular complexity index is 804. The standard InChI is InChI=1S/C18H23N3O5S/c1-11(2)27-15-12(3)26-10-20(16(15)22)18(4,5)17(23)19-13-7-6-8-14(9-13)21(24)25/h6-9,11H,10H2,1-5H3,(H,19,23). The molecule has 2 amide bonds. The van der Waals surface area contributed by atoms with Crippen LogP contribution in [0.3, 0.4) is 0 Å². The van der Waals surface area contributed by atoms with Gasteiger partial charge in [-0.1, -0.05) is 19.9 Å². The minimum absolute atomic E-state index is 0.0395. The van der Waals surface area contributed by atoms with Crippen molar-refractivity contribution in [2.75, 3.05) is 12.0 Å². The summed E-state index contributed by atoms with van der Waals surface area (Å²) in [5.41, 5.74) is -1.06. The van der Waals surface area contributed by atoms with Crippen LogP contribution in [0.2, 0.25) is 0 Å². The molecule has 2 rings (SSSR count). The average molecular weight is 393 g/mol. The van der Waals surface area contributed by atoms with Gasteiger partial charge in [0.15, 0.2) is 6.73 Å². The van der Waals surface area contributed by atoms with Crippen molar-refractivity contribution in [1.29, 1.82) is 0 Å². The molecule has 0 saturated heterocycles. The molecule has 146 valence electrons. The first-order chi connectivity index (χ1) is 12.5. The highest BCUT2D eigenvalue weighted by Crippen LogP contribution is 2.33. The van der Waals surface area contributed by atoms with E-state index in [9.17, 15) is 19.7 Å². The number of rotatable bonds is 6. The molecule has 1 aromatic carbocycles. The second-order valence-corrected chi connectivity index (χ2v) is 8.47. The topological polar surface area (TPSA) is 102 Å². The Morgan fingerprint density at radius 2 is 2.07 bits per heavy atom. The number of hydrogen-bond donors (Lipinski definition) is 1. The maximum atomic E-state index is 12.9. The van der Waals surface area contributed by atoms with Crippen molar-refractivity contribution in [1.82, 2.24) is 4.90 Å². The Hall–Kier alpha value is -2.55. The summed E-state index contributed by atoms with van der Waals surface area (Å²) in [6.45, 7) is 8.85. The summed E-state index contributed by atoms with van der Waals surface area (Å²) in [6.07, 6.45) is 0. The molecule has 1 aromatic rings. The fourth-order valence-corrected chi connectivity index (χ4v) is 3.35. The van der Waals surface area contributed by atoms with E-state index in [0.717, 1.165) is 0 Å². The summed E-state index contributed by atoms with van der Waals surface area (Å²) in [4.78, 5) is 37.9. The zero-order chi connectivity index (χ0) is 20.4. The van der Waals surface area contributed by atoms with Gasteiger partial charge in [0, 0.05) is 23.1 Å². The van der Waals surface area contributed by atoms with Crippen molar-refractivity contribution in [2.45, 2.75) is 45.4 Å². The molecule has 0 saturated carbocycles. The van der Waals surface area contributed by atoms with Crippen molar-refractivity contribution in [3.63, 3.8) is 0 Å². The van der Waals surface area contributed by atoms with Gasteiger partial charge in [0.1, 0.15) is 16.2 Å². The summed E-state index contributed by atoms with van der Waals surface area (Å²) in [5, 5.41) is 13.7. The minimum Gasteiger partial charge on any atom is -0.476 e. The van der Waals surface area contributed by atoms with E-state index in [-0.39, 0.29) is 29.3 Å². The lowest BCUT2D eigenvalue weighted by Crippen LogP contribution is -2.57. The third kappa shape index (κ3) is 4.60. The summed E-state index contributed by atoms with van der Waals surface area (Å²) in [5.74, 6) is -0.185. The number of hydrogen-bond acceptors (Lipinski definition) is 6. The molecule has 1 aliphatic heterocycles. The van der Waals surface area contributed by atoms with E-state index in [1.807, 2.05) is 13.8 Å². The molecule has 0 atom stereocenters. The largest absolute Gasteiger partial charge is 0.476 e. The molecular formula is C18H23N3O5S. The quantitative estimate of drug-likeness (QED) is 0.586. The van der Waals surface area contributed by atoms with Crippen molar-refractivity contribution < 1.29 is 19.2 Å². The van der Waals surface area contributed by atoms with E-state index in [4.69, 9.17) is 4.74 Å². The molecule has 0 unspecified atom stereocenters. The highest BCUT2D eigenvalue weighted by Gasteiger charge is 2.42. The van der Waals surface area contributed by atoms with E-state index in [1.165, 1.54) is 34.9 Å². The number of allylic oxidation sites excluding steroid dienone is 1. The Labute approximate surface area is 162 Å². The second kappa shape index (κ2) is 7.99. The van der Waals surface area contributed by atoms with E-state index < -0.39 is 16.4 Å². The molecule has 0 bridgehead atoms. The number of nitro benzene ring substituents is 1. The zero-order valence-corrected chi connectivity index (χ0v) is 16.8. The molecule has 1 aliphatic rings. The molecular weight excluding hydrogens is 370 g/mol. The van der Waals surface area contributed by atoms with Gasteiger partial charge < -0.3 is 10.1 Å². The molecule has 8 nitrogen and oxygen atoms in total. The zero-order valence-electron chi connectivity index (χ0n) is 15.9. The van der Waals surface area contributed by atoms with Gasteiger partial charge in [-0.2, -0.15) is 0 Å². The molecule has 1 N–H and O–H groups in total. The smallest absolute Gasteiger partial charge is 0.271 e. The van der Waals surface area contributed by atoms with Crippen LogP contribution in [-0.4, -0.2) is 39.2 Å². The van der Waals surface area contributed by atoms with Gasteiger partial charge in [-0.15, -0.1) is 11.8 Å². The summed E-state index contributed by atoms with van der Waals surface area (Å²) < 4.78 is 5.61. The van der Waals surface area contributed by atoms with Crippen LogP contribution in [0.15, 0.2) is 34.9 Å². The highest BCUT2D eigenvalue weighted by atomic mass is 32.2. The van der Waals surface area contributed by atoms with Crippen LogP contribution in [-0.2, 0) is 14.3 Å². The van der Waals surface area contributed by atoms with Crippen LogP contribution >= 0.6 is 11.8 Å². The number of thioether (sulfide) groups is 1. The monoisotopic (exact) mass is 393 g/mol. The second-order valence-electron chi connectivity index (χ2n) is 6.88. The lowest BCUT2D eigenvalue weighted by molar-refractivity contribution is -0.384. The molecule has 0 spiro atoms. The van der Waals surface area contributed by atoms with Crippen LogP contribution in [0.5, 0.6) is 0 Å². The van der Waals surface area contributed by atoms with Gasteiger partial charge in [-0.25, -0.2) is 0 Å². The molecule has 9 heteroatoms. The van der Waals surface area contributed by atoms with E-state index in [1.54, 1.807) is 26.8 Å². The first kappa shape index (κ1) is 20.8. The van der Waals surface area contributed by atoms with Gasteiger partial charge in [-0.05, 0) is 26.8 Å². The molecule has 0 aromatic heterocycles. The van der Waals surface area contributed by atoms with Gasteiger partial charge >= 0.3 is 0 Å². The Morgan fingerprint density at radius 1 is 1.41 bits per heavy atom. The predicted octanol–water partition coefficient (Wildman–Crippen LogP) is 3.50. The fourth-order valence-electron chi connectivity index (χ4n) is 2.45. The summed E-state index contributed by atoms with van der Waals surface area (Å²) in [7, 11) is 0. The maximum Gasteiger partial charge on any atom is 0.271 e. The third-order valence-electron chi connectivity index (χ3n) is 4.07. The third-order valence-corrected chi connectivity index (χ3v) is 5.24. The Kier molecular flexibility index (Phi) is 6.15. The predicted molar refractivity (Wildman–Crippen MR) is 104 cm³/mol. The fraction of sp³-hybridized carbons (Fsp3) is 0.444. The van der Waals surface area contributed by atoms with Crippen LogP contribution < -0.4 is 5.32 Å². The number of benzene rings is 1. The SMILES string of the molecule is CC1=C(SC(C)C)C(=O)N(C(C)(C)C(=O)Nc2cccc([N+](=O)[O-])c2)CO1. The molecule has 0 radical (unpaired) electrons. The number of nitro groups is 1. The number of ether oxygens (including phenoxy) is 1. The van der Waals surface area contributed by atoms with Crippen molar-refractivity contribution in [2.24, 2.45) is 0 Å². The number of nitrogens with zero attached hydrogens (tertiary/aromatic N) is 2. The first-order valence-electron chi connectivity index (χ1n) is 8.42. The Morgan fingerprint density at radius 3 is 2.67 bits per heavy atom. The minimum atomic E-state index is -1.22. The molecule has 0 fully saturated rings. The van der Waals surface area contributed by atoms with Crippen LogP contribution in [0.25, 0.3) is 0 Å². The normalized spacial score (nSPS) is 15.0. The van der Waals surface area contributed by atoms with Crippen molar-refractivity contribution >= 4 is 35.0 Å². The number of carbonyl (C=O) groups is 2. The summed E-state index contributed by atoms with van der Waals surface area (Å²) in [6, 6.07) is 5.65. The number of nitrogens with one attached hydrogen (secondary N) is 1. The highest BCUT2D eigenvalue weighted by molar-refractivity contribution is 8.04. The van der Waals surface area contributed by atoms with Gasteiger partial charge in [-0.3, -0.25) is 24.6 Å². The lowest BCUT2D eigenvalue weighted by atomic mass is 10.0. The molecule has 0 aliphatic carbocycles.